The second-order valence-corrected chi connectivity index (χ2v) is 6.46. The Hall–Kier alpha value is -3.11. The molecule has 0 atom stereocenters. The molecular weight excluding hydrogens is 362 g/mol. The number of carbonyl (C=O) groups is 2. The molecule has 1 amide bonds. The molecule has 0 radical (unpaired) electrons. The number of carbonyl (C=O) groups excluding carboxylic acids is 2. The lowest BCUT2D eigenvalue weighted by atomic mass is 10.0. The molecule has 4 nitrogen and oxygen atoms in total. The summed E-state index contributed by atoms with van der Waals surface area (Å²) < 4.78 is 5.09. The molecule has 0 aliphatic heterocycles. The third-order valence-electron chi connectivity index (χ3n) is 4.02. The maximum Gasteiger partial charge on any atom is 0.338 e. The Bertz CT molecular complexity index is 953. The predicted molar refractivity (Wildman–Crippen MR) is 107 cm³/mol. The van der Waals surface area contributed by atoms with Crippen LogP contribution in [-0.2, 0) is 9.53 Å². The molecule has 0 fully saturated rings. The van der Waals surface area contributed by atoms with Gasteiger partial charge in [-0.25, -0.2) is 4.79 Å². The zero-order valence-electron chi connectivity index (χ0n) is 14.7. The van der Waals surface area contributed by atoms with Crippen molar-refractivity contribution in [3.05, 3.63) is 88.9 Å². The first-order chi connectivity index (χ1) is 13.0. The van der Waals surface area contributed by atoms with E-state index in [0.29, 0.717) is 16.3 Å². The Morgan fingerprint density at radius 2 is 1.59 bits per heavy atom. The van der Waals surface area contributed by atoms with Gasteiger partial charge in [-0.1, -0.05) is 54.1 Å². The van der Waals surface area contributed by atoms with Crippen molar-refractivity contribution in [1.82, 2.24) is 0 Å². The van der Waals surface area contributed by atoms with E-state index in [1.807, 2.05) is 49.4 Å². The maximum atomic E-state index is 12.1. The number of amides is 1. The number of esters is 1. The first kappa shape index (κ1) is 18.7. The monoisotopic (exact) mass is 379 g/mol. The zero-order chi connectivity index (χ0) is 19.2. The largest absolute Gasteiger partial charge is 0.452 e. The van der Waals surface area contributed by atoms with Gasteiger partial charge < -0.3 is 10.1 Å². The molecule has 27 heavy (non-hydrogen) atoms. The van der Waals surface area contributed by atoms with Crippen LogP contribution in [0.2, 0.25) is 5.02 Å². The lowest BCUT2D eigenvalue weighted by molar-refractivity contribution is -0.119. The van der Waals surface area contributed by atoms with Crippen molar-refractivity contribution in [2.45, 2.75) is 6.92 Å². The highest BCUT2D eigenvalue weighted by Crippen LogP contribution is 2.20. The van der Waals surface area contributed by atoms with Gasteiger partial charge in [0.15, 0.2) is 6.61 Å². The van der Waals surface area contributed by atoms with E-state index in [9.17, 15) is 9.59 Å². The van der Waals surface area contributed by atoms with Crippen LogP contribution in [-0.4, -0.2) is 18.5 Å². The highest BCUT2D eigenvalue weighted by atomic mass is 35.5. The van der Waals surface area contributed by atoms with Gasteiger partial charge in [-0.3, -0.25) is 4.79 Å². The molecule has 0 aliphatic rings. The number of rotatable bonds is 5. The van der Waals surface area contributed by atoms with Gasteiger partial charge in [-0.2, -0.15) is 0 Å². The molecule has 0 heterocycles. The van der Waals surface area contributed by atoms with Gasteiger partial charge in [-0.15, -0.1) is 0 Å². The van der Waals surface area contributed by atoms with Crippen LogP contribution in [0.15, 0.2) is 72.8 Å². The van der Waals surface area contributed by atoms with Gasteiger partial charge in [0.2, 0.25) is 0 Å². The summed E-state index contributed by atoms with van der Waals surface area (Å²) in [5.74, 6) is -0.952. The number of hydrogen-bond acceptors (Lipinski definition) is 3. The van der Waals surface area contributed by atoms with Gasteiger partial charge in [0, 0.05) is 10.7 Å². The minimum Gasteiger partial charge on any atom is -0.452 e. The number of aryl methyl sites for hydroxylation is 1. The Balaban J connectivity index is 1.56. The number of benzene rings is 3. The smallest absolute Gasteiger partial charge is 0.338 e. The average molecular weight is 380 g/mol. The van der Waals surface area contributed by atoms with E-state index >= 15 is 0 Å². The lowest BCUT2D eigenvalue weighted by Gasteiger charge is -2.09. The number of ether oxygens (including phenoxy) is 1. The van der Waals surface area contributed by atoms with Crippen LogP contribution >= 0.6 is 11.6 Å². The van der Waals surface area contributed by atoms with E-state index in [4.69, 9.17) is 16.3 Å². The maximum absolute atomic E-state index is 12.1. The summed E-state index contributed by atoms with van der Waals surface area (Å²) in [5, 5.41) is 3.29. The number of halogens is 1. The second kappa shape index (κ2) is 8.52. The zero-order valence-corrected chi connectivity index (χ0v) is 15.5. The predicted octanol–water partition coefficient (Wildman–Crippen LogP) is 5.11. The fraction of sp³-hybridized carbons (Fsp3) is 0.0909. The highest BCUT2D eigenvalue weighted by Gasteiger charge is 2.11. The topological polar surface area (TPSA) is 55.4 Å². The normalized spacial score (nSPS) is 10.3. The van der Waals surface area contributed by atoms with Gasteiger partial charge in [-0.05, 0) is 53.9 Å². The van der Waals surface area contributed by atoms with Crippen molar-refractivity contribution in [3.8, 4) is 11.1 Å². The molecule has 1 N–H and O–H groups in total. The SMILES string of the molecule is Cc1cc(Cl)ccc1NC(=O)COC(=O)c1ccc(-c2ccccc2)cc1. The minimum atomic E-state index is -0.544. The molecule has 0 spiro atoms. The van der Waals surface area contributed by atoms with Crippen molar-refractivity contribution >= 4 is 29.2 Å². The summed E-state index contributed by atoms with van der Waals surface area (Å²) in [6.45, 7) is 1.48. The Morgan fingerprint density at radius 1 is 0.926 bits per heavy atom. The molecule has 5 heteroatoms. The summed E-state index contributed by atoms with van der Waals surface area (Å²) >= 11 is 5.89. The van der Waals surface area contributed by atoms with E-state index in [-0.39, 0.29) is 6.61 Å². The van der Waals surface area contributed by atoms with E-state index in [0.717, 1.165) is 16.7 Å². The fourth-order valence-corrected chi connectivity index (χ4v) is 2.82. The Labute approximate surface area is 162 Å². The van der Waals surface area contributed by atoms with Crippen LogP contribution in [0.4, 0.5) is 5.69 Å². The summed E-state index contributed by atoms with van der Waals surface area (Å²) in [5.41, 5.74) is 3.93. The van der Waals surface area contributed by atoms with E-state index < -0.39 is 11.9 Å². The Morgan fingerprint density at radius 3 is 2.26 bits per heavy atom. The van der Waals surface area contributed by atoms with Crippen LogP contribution in [0.3, 0.4) is 0 Å². The first-order valence-corrected chi connectivity index (χ1v) is 8.79. The molecule has 0 bridgehead atoms. The summed E-state index contributed by atoms with van der Waals surface area (Å²) in [6, 6.07) is 22.1. The Kier molecular flexibility index (Phi) is 5.89. The third-order valence-corrected chi connectivity index (χ3v) is 4.26. The van der Waals surface area contributed by atoms with Crippen LogP contribution in [0.25, 0.3) is 11.1 Å². The van der Waals surface area contributed by atoms with Crippen molar-refractivity contribution in [2.24, 2.45) is 0 Å². The molecule has 0 aliphatic carbocycles. The van der Waals surface area contributed by atoms with Gasteiger partial charge >= 0.3 is 5.97 Å². The van der Waals surface area contributed by atoms with Crippen molar-refractivity contribution in [3.63, 3.8) is 0 Å². The van der Waals surface area contributed by atoms with Crippen molar-refractivity contribution < 1.29 is 14.3 Å². The van der Waals surface area contributed by atoms with Gasteiger partial charge in [0.1, 0.15) is 0 Å². The third kappa shape index (κ3) is 4.96. The van der Waals surface area contributed by atoms with Gasteiger partial charge in [0.25, 0.3) is 5.91 Å². The van der Waals surface area contributed by atoms with Crippen LogP contribution < -0.4 is 5.32 Å². The molecule has 0 saturated heterocycles. The molecule has 0 aromatic heterocycles. The summed E-state index contributed by atoms with van der Waals surface area (Å²) in [7, 11) is 0. The van der Waals surface area contributed by atoms with Crippen LogP contribution in [0.5, 0.6) is 0 Å². The van der Waals surface area contributed by atoms with Gasteiger partial charge in [0.05, 0.1) is 5.56 Å². The summed E-state index contributed by atoms with van der Waals surface area (Å²) in [4.78, 5) is 24.1. The van der Waals surface area contributed by atoms with Crippen LogP contribution in [0, 0.1) is 6.92 Å². The standard InChI is InChI=1S/C22H18ClNO3/c1-15-13-19(23)11-12-20(15)24-21(25)14-27-22(26)18-9-7-17(8-10-18)16-5-3-2-4-6-16/h2-13H,14H2,1H3,(H,24,25). The molecule has 3 aromatic rings. The van der Waals surface area contributed by atoms with Crippen molar-refractivity contribution in [1.29, 1.82) is 0 Å². The second-order valence-electron chi connectivity index (χ2n) is 6.03. The number of hydrogen-bond donors (Lipinski definition) is 1. The molecule has 3 aromatic carbocycles. The molecule has 0 saturated carbocycles. The fourth-order valence-electron chi connectivity index (χ4n) is 2.60. The minimum absolute atomic E-state index is 0.360. The lowest BCUT2D eigenvalue weighted by Crippen LogP contribution is -2.21. The quantitative estimate of drug-likeness (QED) is 0.626. The number of nitrogens with one attached hydrogen (secondary N) is 1. The van der Waals surface area contributed by atoms with E-state index in [2.05, 4.69) is 5.32 Å². The molecule has 3 rings (SSSR count). The molecule has 136 valence electrons. The average Bonchev–Trinajstić information content (AvgIpc) is 2.69. The number of anilines is 1. The van der Waals surface area contributed by atoms with E-state index in [1.165, 1.54) is 0 Å². The molecular formula is C22H18ClNO3. The van der Waals surface area contributed by atoms with Crippen LogP contribution in [0.1, 0.15) is 15.9 Å². The molecule has 0 unspecified atom stereocenters. The first-order valence-electron chi connectivity index (χ1n) is 8.41. The van der Waals surface area contributed by atoms with Crippen molar-refractivity contribution in [2.75, 3.05) is 11.9 Å². The van der Waals surface area contributed by atoms with E-state index in [1.54, 1.807) is 30.3 Å². The summed E-state index contributed by atoms with van der Waals surface area (Å²) in [6.07, 6.45) is 0. The highest BCUT2D eigenvalue weighted by molar-refractivity contribution is 6.30.